The molecular formula is C17H17NO. The number of carbonyl (C=O) groups is 1. The Morgan fingerprint density at radius 3 is 2.63 bits per heavy atom. The summed E-state index contributed by atoms with van der Waals surface area (Å²) in [4.78, 5) is 14.7. The standard InChI is InChI=1S/C17H17NO/c19-17(18-11-12-5-8-16(18)9-12)15-7-6-13-3-1-2-4-14(13)10-15/h1-4,6-7,10,12,16H,5,8-9,11H2. The van der Waals surface area contributed by atoms with Gasteiger partial charge in [0, 0.05) is 18.2 Å². The molecule has 0 aromatic heterocycles. The number of hydrogen-bond acceptors (Lipinski definition) is 1. The van der Waals surface area contributed by atoms with Crippen molar-refractivity contribution in [2.75, 3.05) is 6.54 Å². The second-order valence-electron chi connectivity index (χ2n) is 5.85. The molecule has 1 saturated carbocycles. The fourth-order valence-electron chi connectivity index (χ4n) is 3.66. The fourth-order valence-corrected chi connectivity index (χ4v) is 3.66. The van der Waals surface area contributed by atoms with Crippen LogP contribution >= 0.6 is 0 Å². The summed E-state index contributed by atoms with van der Waals surface area (Å²) >= 11 is 0. The van der Waals surface area contributed by atoms with E-state index in [-0.39, 0.29) is 5.91 Å². The van der Waals surface area contributed by atoms with Crippen molar-refractivity contribution in [1.29, 1.82) is 0 Å². The van der Waals surface area contributed by atoms with Crippen molar-refractivity contribution in [2.45, 2.75) is 25.3 Å². The molecule has 2 aromatic rings. The maximum Gasteiger partial charge on any atom is 0.254 e. The number of hydrogen-bond donors (Lipinski definition) is 0. The molecule has 19 heavy (non-hydrogen) atoms. The summed E-state index contributed by atoms with van der Waals surface area (Å²) in [7, 11) is 0. The number of amides is 1. The second kappa shape index (κ2) is 4.09. The van der Waals surface area contributed by atoms with Crippen LogP contribution in [-0.2, 0) is 0 Å². The monoisotopic (exact) mass is 251 g/mol. The number of piperidine rings is 1. The molecule has 0 radical (unpaired) electrons. The highest BCUT2D eigenvalue weighted by Gasteiger charge is 2.40. The van der Waals surface area contributed by atoms with E-state index in [2.05, 4.69) is 23.1 Å². The normalized spacial score (nSPS) is 25.2. The quantitative estimate of drug-likeness (QED) is 0.760. The van der Waals surface area contributed by atoms with E-state index in [0.717, 1.165) is 23.4 Å². The van der Waals surface area contributed by atoms with Gasteiger partial charge >= 0.3 is 0 Å². The van der Waals surface area contributed by atoms with Gasteiger partial charge in [0.25, 0.3) is 5.91 Å². The van der Waals surface area contributed by atoms with E-state index in [1.165, 1.54) is 24.6 Å². The van der Waals surface area contributed by atoms with E-state index >= 15 is 0 Å². The highest BCUT2D eigenvalue weighted by atomic mass is 16.2. The van der Waals surface area contributed by atoms with Crippen molar-refractivity contribution in [2.24, 2.45) is 5.92 Å². The predicted octanol–water partition coefficient (Wildman–Crippen LogP) is 3.46. The molecule has 2 bridgehead atoms. The molecule has 1 heterocycles. The van der Waals surface area contributed by atoms with Gasteiger partial charge in [-0.1, -0.05) is 30.3 Å². The molecule has 2 aromatic carbocycles. The van der Waals surface area contributed by atoms with Gasteiger partial charge < -0.3 is 4.90 Å². The predicted molar refractivity (Wildman–Crippen MR) is 76.1 cm³/mol. The molecule has 1 amide bonds. The van der Waals surface area contributed by atoms with E-state index in [1.54, 1.807) is 0 Å². The fraction of sp³-hybridized carbons (Fsp3) is 0.353. The first-order chi connectivity index (χ1) is 9.31. The maximum atomic E-state index is 12.6. The zero-order valence-corrected chi connectivity index (χ0v) is 10.9. The van der Waals surface area contributed by atoms with Crippen LogP contribution in [0.2, 0.25) is 0 Å². The minimum atomic E-state index is 0.220. The third kappa shape index (κ3) is 1.74. The molecule has 4 rings (SSSR count). The van der Waals surface area contributed by atoms with Crippen LogP contribution in [0.4, 0.5) is 0 Å². The van der Waals surface area contributed by atoms with Gasteiger partial charge in [-0.05, 0) is 48.1 Å². The molecule has 2 nitrogen and oxygen atoms in total. The van der Waals surface area contributed by atoms with Gasteiger partial charge in [-0.15, -0.1) is 0 Å². The van der Waals surface area contributed by atoms with Gasteiger partial charge in [-0.3, -0.25) is 4.79 Å². The van der Waals surface area contributed by atoms with Gasteiger partial charge in [-0.2, -0.15) is 0 Å². The van der Waals surface area contributed by atoms with Gasteiger partial charge in [0.1, 0.15) is 0 Å². The van der Waals surface area contributed by atoms with Crippen molar-refractivity contribution in [1.82, 2.24) is 4.90 Å². The van der Waals surface area contributed by atoms with Gasteiger partial charge in [0.05, 0.1) is 0 Å². The van der Waals surface area contributed by atoms with Crippen LogP contribution < -0.4 is 0 Å². The summed E-state index contributed by atoms with van der Waals surface area (Å²) in [5.41, 5.74) is 0.839. The number of rotatable bonds is 1. The van der Waals surface area contributed by atoms with Crippen LogP contribution in [-0.4, -0.2) is 23.4 Å². The van der Waals surface area contributed by atoms with Crippen LogP contribution in [0.3, 0.4) is 0 Å². The van der Waals surface area contributed by atoms with Gasteiger partial charge in [-0.25, -0.2) is 0 Å². The molecule has 1 aliphatic carbocycles. The number of likely N-dealkylation sites (tertiary alicyclic amines) is 1. The Morgan fingerprint density at radius 2 is 1.89 bits per heavy atom. The Hall–Kier alpha value is -1.83. The van der Waals surface area contributed by atoms with Crippen LogP contribution in [0.15, 0.2) is 42.5 Å². The molecule has 2 unspecified atom stereocenters. The summed E-state index contributed by atoms with van der Waals surface area (Å²) in [5, 5.41) is 2.35. The van der Waals surface area contributed by atoms with Crippen LogP contribution in [0, 0.1) is 5.92 Å². The average Bonchev–Trinajstić information content (AvgIpc) is 3.08. The molecule has 0 spiro atoms. The summed E-state index contributed by atoms with van der Waals surface area (Å²) in [5.74, 6) is 0.979. The summed E-state index contributed by atoms with van der Waals surface area (Å²) in [6, 6.07) is 14.8. The van der Waals surface area contributed by atoms with Crippen molar-refractivity contribution in [3.05, 3.63) is 48.0 Å². The molecule has 1 aliphatic heterocycles. The Labute approximate surface area is 113 Å². The van der Waals surface area contributed by atoms with E-state index in [1.807, 2.05) is 24.3 Å². The van der Waals surface area contributed by atoms with Crippen LogP contribution in [0.25, 0.3) is 10.8 Å². The molecule has 2 fully saturated rings. The highest BCUT2D eigenvalue weighted by Crippen LogP contribution is 2.38. The minimum absolute atomic E-state index is 0.220. The topological polar surface area (TPSA) is 20.3 Å². The first kappa shape index (κ1) is 11.0. The van der Waals surface area contributed by atoms with E-state index in [4.69, 9.17) is 0 Å². The maximum absolute atomic E-state index is 12.6. The largest absolute Gasteiger partial charge is 0.335 e. The summed E-state index contributed by atoms with van der Waals surface area (Å²) < 4.78 is 0. The molecule has 2 aliphatic rings. The number of benzene rings is 2. The zero-order valence-electron chi connectivity index (χ0n) is 10.9. The lowest BCUT2D eigenvalue weighted by Crippen LogP contribution is -2.37. The first-order valence-electron chi connectivity index (χ1n) is 7.11. The van der Waals surface area contributed by atoms with Crippen LogP contribution in [0.1, 0.15) is 29.6 Å². The molecule has 0 N–H and O–H groups in total. The minimum Gasteiger partial charge on any atom is -0.335 e. The van der Waals surface area contributed by atoms with Crippen molar-refractivity contribution in [3.63, 3.8) is 0 Å². The van der Waals surface area contributed by atoms with Crippen molar-refractivity contribution in [3.8, 4) is 0 Å². The molecular weight excluding hydrogens is 234 g/mol. The number of nitrogens with zero attached hydrogens (tertiary/aromatic N) is 1. The lowest BCUT2D eigenvalue weighted by molar-refractivity contribution is 0.0704. The second-order valence-corrected chi connectivity index (χ2v) is 5.85. The summed E-state index contributed by atoms with van der Waals surface area (Å²) in [6.45, 7) is 0.969. The Balaban J connectivity index is 1.68. The Bertz CT molecular complexity index is 649. The third-order valence-electron chi connectivity index (χ3n) is 4.67. The van der Waals surface area contributed by atoms with E-state index in [0.29, 0.717) is 6.04 Å². The smallest absolute Gasteiger partial charge is 0.254 e. The highest BCUT2D eigenvalue weighted by molar-refractivity contribution is 5.98. The van der Waals surface area contributed by atoms with E-state index < -0.39 is 0 Å². The Morgan fingerprint density at radius 1 is 1.05 bits per heavy atom. The number of carbonyl (C=O) groups excluding carboxylic acids is 1. The SMILES string of the molecule is O=C(c1ccc2ccccc2c1)N1CC2CCC1C2. The van der Waals surface area contributed by atoms with Crippen molar-refractivity contribution < 1.29 is 4.79 Å². The molecule has 1 saturated heterocycles. The van der Waals surface area contributed by atoms with Crippen molar-refractivity contribution >= 4 is 16.7 Å². The zero-order chi connectivity index (χ0) is 12.8. The molecule has 2 heteroatoms. The Kier molecular flexibility index (Phi) is 2.37. The lowest BCUT2D eigenvalue weighted by Gasteiger charge is -2.27. The van der Waals surface area contributed by atoms with Crippen LogP contribution in [0.5, 0.6) is 0 Å². The molecule has 2 atom stereocenters. The van der Waals surface area contributed by atoms with E-state index in [9.17, 15) is 4.79 Å². The number of fused-ring (bicyclic) bond motifs is 3. The summed E-state index contributed by atoms with van der Waals surface area (Å²) in [6.07, 6.45) is 3.73. The van der Waals surface area contributed by atoms with Gasteiger partial charge in [0.2, 0.25) is 0 Å². The first-order valence-corrected chi connectivity index (χ1v) is 7.11. The lowest BCUT2D eigenvalue weighted by atomic mass is 10.0. The third-order valence-corrected chi connectivity index (χ3v) is 4.67. The average molecular weight is 251 g/mol. The molecule has 96 valence electrons. The van der Waals surface area contributed by atoms with Gasteiger partial charge in [0.15, 0.2) is 0 Å².